The van der Waals surface area contributed by atoms with Crippen LogP contribution in [-0.4, -0.2) is 50.5 Å². The number of likely N-dealkylation sites (tertiary alicyclic amines) is 1. The summed E-state index contributed by atoms with van der Waals surface area (Å²) in [6.45, 7) is 6.90. The van der Waals surface area contributed by atoms with Gasteiger partial charge >= 0.3 is 12.0 Å². The molecule has 1 fully saturated rings. The highest BCUT2D eigenvalue weighted by Crippen LogP contribution is 2.26. The van der Waals surface area contributed by atoms with Crippen molar-refractivity contribution in [1.29, 1.82) is 0 Å². The van der Waals surface area contributed by atoms with E-state index in [2.05, 4.69) is 5.10 Å². The molecular formula is C26H30ClN3O5. The molecule has 2 heterocycles. The lowest BCUT2D eigenvalue weighted by molar-refractivity contribution is -0.0107. The van der Waals surface area contributed by atoms with Gasteiger partial charge in [-0.2, -0.15) is 9.78 Å². The van der Waals surface area contributed by atoms with Gasteiger partial charge in [-0.05, 0) is 67.8 Å². The molecule has 2 aromatic carbocycles. The number of hydrogen-bond acceptors (Lipinski definition) is 5. The van der Waals surface area contributed by atoms with Crippen LogP contribution in [-0.2, 0) is 11.3 Å². The van der Waals surface area contributed by atoms with Crippen LogP contribution in [0, 0.1) is 0 Å². The number of rotatable bonds is 6. The molecule has 8 nitrogen and oxygen atoms in total. The molecule has 0 bridgehead atoms. The van der Waals surface area contributed by atoms with Gasteiger partial charge < -0.3 is 19.5 Å². The Bertz CT molecular complexity index is 1130. The highest BCUT2D eigenvalue weighted by molar-refractivity contribution is 6.30. The minimum atomic E-state index is -1.16. The number of carbonyl (C=O) groups is 2. The first-order valence-electron chi connectivity index (χ1n) is 11.6. The van der Waals surface area contributed by atoms with Crippen molar-refractivity contribution in [2.24, 2.45) is 0 Å². The summed E-state index contributed by atoms with van der Waals surface area (Å²) in [6.07, 6.45) is 2.75. The van der Waals surface area contributed by atoms with Crippen molar-refractivity contribution >= 4 is 23.6 Å². The quantitative estimate of drug-likeness (QED) is 0.441. The summed E-state index contributed by atoms with van der Waals surface area (Å²) in [5, 5.41) is 13.5. The SMILES string of the molecule is CC.CC1CC(OCc2cccc(Oc3ccc(Cl)cc3)c2)CCN1C(=O)n1ccc(C(=O)O)n1. The molecule has 1 saturated heterocycles. The number of aromatic carboxylic acids is 1. The Hall–Kier alpha value is -3.36. The summed E-state index contributed by atoms with van der Waals surface area (Å²) in [6, 6.07) is 15.8. The lowest BCUT2D eigenvalue weighted by atomic mass is 10.0. The van der Waals surface area contributed by atoms with Crippen molar-refractivity contribution in [1.82, 2.24) is 14.7 Å². The van der Waals surface area contributed by atoms with E-state index < -0.39 is 5.97 Å². The van der Waals surface area contributed by atoms with Crippen LogP contribution < -0.4 is 4.74 Å². The predicted molar refractivity (Wildman–Crippen MR) is 133 cm³/mol. The maximum Gasteiger partial charge on any atom is 0.356 e. The van der Waals surface area contributed by atoms with Gasteiger partial charge in [-0.3, -0.25) is 0 Å². The zero-order chi connectivity index (χ0) is 25.4. The van der Waals surface area contributed by atoms with Crippen LogP contribution >= 0.6 is 11.6 Å². The number of hydrogen-bond donors (Lipinski definition) is 1. The molecule has 1 amide bonds. The predicted octanol–water partition coefficient (Wildman–Crippen LogP) is 6.09. The van der Waals surface area contributed by atoms with Gasteiger partial charge in [0.2, 0.25) is 0 Å². The number of aromatic nitrogens is 2. The molecule has 0 aliphatic carbocycles. The molecule has 4 rings (SSSR count). The van der Waals surface area contributed by atoms with Gasteiger partial charge in [0.25, 0.3) is 0 Å². The fourth-order valence-electron chi connectivity index (χ4n) is 3.79. The van der Waals surface area contributed by atoms with Gasteiger partial charge in [-0.25, -0.2) is 9.59 Å². The normalized spacial score (nSPS) is 17.3. The highest BCUT2D eigenvalue weighted by Gasteiger charge is 2.30. The van der Waals surface area contributed by atoms with E-state index >= 15 is 0 Å². The molecule has 0 spiro atoms. The fraction of sp³-hybridized carbons (Fsp3) is 0.346. The average molecular weight is 500 g/mol. The van der Waals surface area contributed by atoms with Gasteiger partial charge in [0.15, 0.2) is 5.69 Å². The smallest absolute Gasteiger partial charge is 0.356 e. The number of ether oxygens (including phenoxy) is 2. The van der Waals surface area contributed by atoms with Crippen molar-refractivity contribution in [2.75, 3.05) is 6.54 Å². The third-order valence-corrected chi connectivity index (χ3v) is 5.76. The zero-order valence-electron chi connectivity index (χ0n) is 20.1. The first-order valence-corrected chi connectivity index (χ1v) is 12.0. The standard InChI is InChI=1S/C24H24ClN3O5.C2H6/c1-16-13-20(9-11-27(16)24(31)28-12-10-22(26-28)23(29)30)32-15-17-3-2-4-21(14-17)33-19-7-5-18(25)6-8-19;1-2/h2-8,10,12,14,16,20H,9,11,13,15H2,1H3,(H,29,30);1-2H3. The molecule has 1 aliphatic rings. The van der Waals surface area contributed by atoms with Gasteiger partial charge in [-0.1, -0.05) is 37.6 Å². The van der Waals surface area contributed by atoms with Crippen molar-refractivity contribution in [2.45, 2.75) is 52.4 Å². The number of carboxylic acids is 1. The summed E-state index contributed by atoms with van der Waals surface area (Å²) in [5.41, 5.74) is 0.835. The molecule has 9 heteroatoms. The second-order valence-electron chi connectivity index (χ2n) is 7.94. The molecule has 186 valence electrons. The third-order valence-electron chi connectivity index (χ3n) is 5.51. The Labute approximate surface area is 210 Å². The largest absolute Gasteiger partial charge is 0.476 e. The summed E-state index contributed by atoms with van der Waals surface area (Å²) in [4.78, 5) is 25.4. The van der Waals surface area contributed by atoms with Crippen LogP contribution in [0.15, 0.2) is 60.8 Å². The molecule has 0 saturated carbocycles. The molecule has 2 unspecified atom stereocenters. The van der Waals surface area contributed by atoms with E-state index in [-0.39, 0.29) is 23.9 Å². The first-order chi connectivity index (χ1) is 16.9. The van der Waals surface area contributed by atoms with Crippen LogP contribution in [0.3, 0.4) is 0 Å². The maximum atomic E-state index is 12.7. The van der Waals surface area contributed by atoms with Crippen LogP contribution in [0.25, 0.3) is 0 Å². The zero-order valence-corrected chi connectivity index (χ0v) is 20.8. The molecule has 3 aromatic rings. The van der Waals surface area contributed by atoms with E-state index in [1.807, 2.05) is 57.2 Å². The number of carbonyl (C=O) groups excluding carboxylic acids is 1. The number of nitrogens with zero attached hydrogens (tertiary/aromatic N) is 3. The van der Waals surface area contributed by atoms with Crippen LogP contribution in [0.1, 0.15) is 49.7 Å². The van der Waals surface area contributed by atoms with Gasteiger partial charge in [0, 0.05) is 23.8 Å². The molecule has 0 radical (unpaired) electrons. The van der Waals surface area contributed by atoms with E-state index in [4.69, 9.17) is 26.2 Å². The molecule has 35 heavy (non-hydrogen) atoms. The van der Waals surface area contributed by atoms with Gasteiger partial charge in [0.1, 0.15) is 11.5 Å². The van der Waals surface area contributed by atoms with Gasteiger partial charge in [0.05, 0.1) is 12.7 Å². The summed E-state index contributed by atoms with van der Waals surface area (Å²) >= 11 is 5.92. The second-order valence-corrected chi connectivity index (χ2v) is 8.37. The Morgan fingerprint density at radius 1 is 1.11 bits per heavy atom. The molecule has 1 aliphatic heterocycles. The van der Waals surface area contributed by atoms with Gasteiger partial charge in [-0.15, -0.1) is 0 Å². The van der Waals surface area contributed by atoms with E-state index in [9.17, 15) is 9.59 Å². The Morgan fingerprint density at radius 2 is 1.86 bits per heavy atom. The Kier molecular flexibility index (Phi) is 9.28. The molecule has 1 aromatic heterocycles. The van der Waals surface area contributed by atoms with E-state index in [0.29, 0.717) is 42.5 Å². The average Bonchev–Trinajstić information content (AvgIpc) is 3.36. The van der Waals surface area contributed by atoms with E-state index in [1.165, 1.54) is 12.3 Å². The second kappa shape index (κ2) is 12.4. The van der Waals surface area contributed by atoms with Crippen LogP contribution in [0.4, 0.5) is 4.79 Å². The lowest BCUT2D eigenvalue weighted by Crippen LogP contribution is -2.48. The highest BCUT2D eigenvalue weighted by atomic mass is 35.5. The van der Waals surface area contributed by atoms with E-state index in [0.717, 1.165) is 10.2 Å². The summed E-state index contributed by atoms with van der Waals surface area (Å²) < 4.78 is 13.1. The number of benzene rings is 2. The lowest BCUT2D eigenvalue weighted by Gasteiger charge is -2.37. The number of carboxylic acid groups (broad SMARTS) is 1. The maximum absolute atomic E-state index is 12.7. The van der Waals surface area contributed by atoms with Crippen LogP contribution in [0.5, 0.6) is 11.5 Å². The Balaban J connectivity index is 0.00000167. The van der Waals surface area contributed by atoms with E-state index in [1.54, 1.807) is 17.0 Å². The van der Waals surface area contributed by atoms with Crippen LogP contribution in [0.2, 0.25) is 5.02 Å². The molecule has 1 N–H and O–H groups in total. The minimum Gasteiger partial charge on any atom is -0.476 e. The van der Waals surface area contributed by atoms with Crippen molar-refractivity contribution < 1.29 is 24.2 Å². The molecular weight excluding hydrogens is 470 g/mol. The first kappa shape index (κ1) is 26.2. The fourth-order valence-corrected chi connectivity index (χ4v) is 3.92. The number of halogens is 1. The number of piperidine rings is 1. The molecule has 2 atom stereocenters. The van der Waals surface area contributed by atoms with Crippen molar-refractivity contribution in [3.8, 4) is 11.5 Å². The van der Waals surface area contributed by atoms with Crippen molar-refractivity contribution in [3.63, 3.8) is 0 Å². The Morgan fingerprint density at radius 3 is 2.51 bits per heavy atom. The van der Waals surface area contributed by atoms with Crippen molar-refractivity contribution in [3.05, 3.63) is 77.1 Å². The monoisotopic (exact) mass is 499 g/mol. The topological polar surface area (TPSA) is 93.9 Å². The third kappa shape index (κ3) is 7.07. The minimum absolute atomic E-state index is 0.0112. The number of amides is 1. The summed E-state index contributed by atoms with van der Waals surface area (Å²) in [5.74, 6) is 0.257. The summed E-state index contributed by atoms with van der Waals surface area (Å²) in [7, 11) is 0.